The third-order valence-electron chi connectivity index (χ3n) is 5.16. The number of aryl methyl sites for hydroxylation is 1. The van der Waals surface area contributed by atoms with Crippen LogP contribution in [0.4, 0.5) is 5.69 Å². The molecule has 5 aromatic rings. The molecule has 9 heteroatoms. The highest BCUT2D eigenvalue weighted by molar-refractivity contribution is 6.07. The maximum atomic E-state index is 12.7. The molecular weight excluding hydrogens is 418 g/mol. The second-order valence-electron chi connectivity index (χ2n) is 7.30. The van der Waals surface area contributed by atoms with Crippen molar-refractivity contribution in [2.75, 3.05) is 12.4 Å². The Morgan fingerprint density at radius 2 is 1.79 bits per heavy atom. The normalized spacial score (nSPS) is 10.8. The number of fused-ring (bicyclic) bond motifs is 1. The molecule has 0 saturated carbocycles. The summed E-state index contributed by atoms with van der Waals surface area (Å²) >= 11 is 0. The highest BCUT2D eigenvalue weighted by Crippen LogP contribution is 2.37. The van der Waals surface area contributed by atoms with Gasteiger partial charge in [0.1, 0.15) is 24.1 Å². The van der Waals surface area contributed by atoms with Crippen LogP contribution < -0.4 is 10.1 Å². The summed E-state index contributed by atoms with van der Waals surface area (Å²) < 4.78 is 7.27. The summed E-state index contributed by atoms with van der Waals surface area (Å²) in [6, 6.07) is 13.5. The molecule has 0 aliphatic carbocycles. The Hall–Kier alpha value is -4.66. The molecule has 3 aromatic heterocycles. The number of aromatic nitrogens is 6. The van der Waals surface area contributed by atoms with Crippen LogP contribution in [0.1, 0.15) is 10.4 Å². The van der Waals surface area contributed by atoms with Crippen LogP contribution in [0.25, 0.3) is 33.4 Å². The van der Waals surface area contributed by atoms with Crippen molar-refractivity contribution in [1.82, 2.24) is 29.7 Å². The smallest absolute Gasteiger partial charge is 0.258 e. The number of nitrogens with zero attached hydrogens (tertiary/aromatic N) is 6. The van der Waals surface area contributed by atoms with Crippen LogP contribution in [-0.2, 0) is 7.05 Å². The minimum atomic E-state index is -0.349. The van der Waals surface area contributed by atoms with Gasteiger partial charge in [-0.25, -0.2) is 19.9 Å². The van der Waals surface area contributed by atoms with E-state index in [-0.39, 0.29) is 5.91 Å². The van der Waals surface area contributed by atoms with Gasteiger partial charge in [-0.05, 0) is 6.07 Å². The standard InChI is InChI=1S/C24H19N7O2/c1-31-12-18(22(30-31)15-6-4-3-5-7-15)23-17-8-20(21(33-2)9-19(17)27-14-28-23)29-24(32)16-10-25-13-26-11-16/h3-14H,1-2H3,(H,29,32). The molecule has 0 fully saturated rings. The second-order valence-corrected chi connectivity index (χ2v) is 7.30. The lowest BCUT2D eigenvalue weighted by atomic mass is 10.0. The van der Waals surface area contributed by atoms with Gasteiger partial charge >= 0.3 is 0 Å². The van der Waals surface area contributed by atoms with Gasteiger partial charge in [-0.3, -0.25) is 9.48 Å². The fourth-order valence-electron chi connectivity index (χ4n) is 3.65. The Kier molecular flexibility index (Phi) is 5.19. The van der Waals surface area contributed by atoms with Crippen molar-refractivity contribution in [1.29, 1.82) is 0 Å². The van der Waals surface area contributed by atoms with Crippen LogP contribution in [0.5, 0.6) is 5.75 Å². The van der Waals surface area contributed by atoms with Gasteiger partial charge in [0.25, 0.3) is 5.91 Å². The van der Waals surface area contributed by atoms with Crippen molar-refractivity contribution in [2.45, 2.75) is 0 Å². The van der Waals surface area contributed by atoms with Crippen molar-refractivity contribution in [3.63, 3.8) is 0 Å². The molecule has 0 spiro atoms. The predicted molar refractivity (Wildman–Crippen MR) is 124 cm³/mol. The predicted octanol–water partition coefficient (Wildman–Crippen LogP) is 3.75. The van der Waals surface area contributed by atoms with Crippen LogP contribution in [0.2, 0.25) is 0 Å². The molecule has 2 aromatic carbocycles. The van der Waals surface area contributed by atoms with Gasteiger partial charge in [0.15, 0.2) is 0 Å². The van der Waals surface area contributed by atoms with Gasteiger partial charge in [0.05, 0.1) is 29.6 Å². The van der Waals surface area contributed by atoms with E-state index in [2.05, 4.69) is 30.4 Å². The first kappa shape index (κ1) is 20.3. The molecule has 9 nitrogen and oxygen atoms in total. The number of methoxy groups -OCH3 is 1. The van der Waals surface area contributed by atoms with E-state index in [0.717, 1.165) is 22.2 Å². The van der Waals surface area contributed by atoms with E-state index in [0.29, 0.717) is 28.2 Å². The highest BCUT2D eigenvalue weighted by Gasteiger charge is 2.19. The number of carbonyl (C=O) groups excluding carboxylic acids is 1. The molecule has 3 heterocycles. The van der Waals surface area contributed by atoms with Crippen molar-refractivity contribution in [3.8, 4) is 28.3 Å². The lowest BCUT2D eigenvalue weighted by Crippen LogP contribution is -2.13. The molecular formula is C24H19N7O2. The minimum absolute atomic E-state index is 0.336. The van der Waals surface area contributed by atoms with E-state index in [1.165, 1.54) is 25.0 Å². The van der Waals surface area contributed by atoms with Gasteiger partial charge in [0, 0.05) is 48.2 Å². The molecule has 162 valence electrons. The molecule has 1 amide bonds. The average molecular weight is 437 g/mol. The minimum Gasteiger partial charge on any atom is -0.494 e. The van der Waals surface area contributed by atoms with E-state index >= 15 is 0 Å². The number of carbonyl (C=O) groups is 1. The molecule has 0 atom stereocenters. The van der Waals surface area contributed by atoms with E-state index in [1.54, 1.807) is 17.9 Å². The Balaban J connectivity index is 1.65. The van der Waals surface area contributed by atoms with Gasteiger partial charge in [0.2, 0.25) is 0 Å². The number of hydrogen-bond acceptors (Lipinski definition) is 7. The first-order chi connectivity index (χ1) is 16.1. The summed E-state index contributed by atoms with van der Waals surface area (Å²) in [6.45, 7) is 0. The first-order valence-electron chi connectivity index (χ1n) is 10.1. The molecule has 0 bridgehead atoms. The Morgan fingerprint density at radius 1 is 1.00 bits per heavy atom. The van der Waals surface area contributed by atoms with E-state index in [9.17, 15) is 4.79 Å². The van der Waals surface area contributed by atoms with Crippen LogP contribution >= 0.6 is 0 Å². The number of hydrogen-bond donors (Lipinski definition) is 1. The molecule has 0 aliphatic rings. The fraction of sp³-hybridized carbons (Fsp3) is 0.0833. The van der Waals surface area contributed by atoms with E-state index in [1.807, 2.05) is 49.6 Å². The summed E-state index contributed by atoms with van der Waals surface area (Å²) in [6.07, 6.45) is 7.71. The molecule has 33 heavy (non-hydrogen) atoms. The zero-order chi connectivity index (χ0) is 22.8. The zero-order valence-electron chi connectivity index (χ0n) is 17.9. The van der Waals surface area contributed by atoms with E-state index < -0.39 is 0 Å². The molecule has 0 saturated heterocycles. The number of benzene rings is 2. The summed E-state index contributed by atoms with van der Waals surface area (Å²) in [5.74, 6) is 0.129. The largest absolute Gasteiger partial charge is 0.494 e. The Labute approximate surface area is 189 Å². The third kappa shape index (κ3) is 3.87. The Bertz CT molecular complexity index is 1450. The molecule has 0 aliphatic heterocycles. The summed E-state index contributed by atoms with van der Waals surface area (Å²) in [7, 11) is 3.41. The van der Waals surface area contributed by atoms with Gasteiger partial charge < -0.3 is 10.1 Å². The summed E-state index contributed by atoms with van der Waals surface area (Å²) in [4.78, 5) is 29.5. The van der Waals surface area contributed by atoms with Crippen molar-refractivity contribution < 1.29 is 9.53 Å². The van der Waals surface area contributed by atoms with Crippen LogP contribution in [-0.4, -0.2) is 42.7 Å². The van der Waals surface area contributed by atoms with E-state index in [4.69, 9.17) is 4.74 Å². The lowest BCUT2D eigenvalue weighted by molar-refractivity contribution is 0.102. The number of amides is 1. The van der Waals surface area contributed by atoms with Gasteiger partial charge in [-0.1, -0.05) is 30.3 Å². The average Bonchev–Trinajstić information content (AvgIpc) is 3.25. The topological polar surface area (TPSA) is 108 Å². The first-order valence-corrected chi connectivity index (χ1v) is 10.1. The maximum Gasteiger partial charge on any atom is 0.258 e. The lowest BCUT2D eigenvalue weighted by Gasteiger charge is -2.13. The van der Waals surface area contributed by atoms with Crippen LogP contribution in [0, 0.1) is 0 Å². The summed E-state index contributed by atoms with van der Waals surface area (Å²) in [5, 5.41) is 8.29. The van der Waals surface area contributed by atoms with Crippen LogP contribution in [0.3, 0.4) is 0 Å². The molecule has 0 unspecified atom stereocenters. The molecule has 0 radical (unpaired) electrons. The summed E-state index contributed by atoms with van der Waals surface area (Å²) in [5.41, 5.74) is 4.85. The quantitative estimate of drug-likeness (QED) is 0.446. The monoisotopic (exact) mass is 437 g/mol. The van der Waals surface area contributed by atoms with Crippen molar-refractivity contribution in [2.24, 2.45) is 7.05 Å². The van der Waals surface area contributed by atoms with Gasteiger partial charge in [-0.15, -0.1) is 0 Å². The second kappa shape index (κ2) is 8.46. The fourth-order valence-corrected chi connectivity index (χ4v) is 3.65. The zero-order valence-corrected chi connectivity index (χ0v) is 17.9. The number of ether oxygens (including phenoxy) is 1. The molecule has 5 rings (SSSR count). The van der Waals surface area contributed by atoms with Crippen molar-refractivity contribution in [3.05, 3.63) is 79.3 Å². The molecule has 1 N–H and O–H groups in total. The number of nitrogens with one attached hydrogen (secondary N) is 1. The third-order valence-corrected chi connectivity index (χ3v) is 5.16. The van der Waals surface area contributed by atoms with Crippen LogP contribution in [0.15, 0.2) is 73.7 Å². The maximum absolute atomic E-state index is 12.7. The number of rotatable bonds is 5. The SMILES string of the molecule is COc1cc2ncnc(-c3cn(C)nc3-c3ccccc3)c2cc1NC(=O)c1cncnc1. The van der Waals surface area contributed by atoms with Crippen molar-refractivity contribution >= 4 is 22.5 Å². The number of anilines is 1. The van der Waals surface area contributed by atoms with Gasteiger partial charge in [-0.2, -0.15) is 5.10 Å². The highest BCUT2D eigenvalue weighted by atomic mass is 16.5. The Morgan fingerprint density at radius 3 is 2.55 bits per heavy atom.